The number of Topliss-reactive ketones (excluding diaryl/α,β-unsaturated/α-hetero) is 2. The fraction of sp³-hybridized carbons (Fsp3) is 0.667. The van der Waals surface area contributed by atoms with E-state index >= 15 is 0 Å². The van der Waals surface area contributed by atoms with Gasteiger partial charge in [0.2, 0.25) is 0 Å². The molecule has 0 N–H and O–H groups in total. The van der Waals surface area contributed by atoms with Crippen LogP contribution < -0.4 is 0 Å². The molecule has 0 aromatic carbocycles. The first-order valence-electron chi connectivity index (χ1n) is 9.33. The summed E-state index contributed by atoms with van der Waals surface area (Å²) in [5.41, 5.74) is 0.287. The third-order valence-electron chi connectivity index (χ3n) is 7.27. The van der Waals surface area contributed by atoms with E-state index in [0.29, 0.717) is 18.4 Å². The predicted octanol–water partition coefficient (Wildman–Crippen LogP) is 3.55. The topological polar surface area (TPSA) is 60.4 Å². The summed E-state index contributed by atoms with van der Waals surface area (Å²) < 4.78 is 6.03. The Morgan fingerprint density at radius 1 is 1.24 bits per heavy atom. The van der Waals surface area contributed by atoms with E-state index in [2.05, 4.69) is 26.8 Å². The molecule has 0 amide bonds. The van der Waals surface area contributed by atoms with E-state index in [9.17, 15) is 14.4 Å². The van der Waals surface area contributed by atoms with E-state index < -0.39 is 22.4 Å². The minimum Gasteiger partial charge on any atom is -0.452 e. The molecule has 0 aromatic rings. The maximum absolute atomic E-state index is 13.4. The van der Waals surface area contributed by atoms with Gasteiger partial charge in [-0.15, -0.1) is 0 Å². The second kappa shape index (κ2) is 4.72. The smallest absolute Gasteiger partial charge is 0.303 e. The molecule has 0 radical (unpaired) electrons. The van der Waals surface area contributed by atoms with E-state index in [4.69, 9.17) is 4.74 Å². The van der Waals surface area contributed by atoms with Crippen LogP contribution in [0.2, 0.25) is 0 Å². The second-order valence-electron chi connectivity index (χ2n) is 8.86. The lowest BCUT2D eigenvalue weighted by Gasteiger charge is -2.51. The van der Waals surface area contributed by atoms with Crippen molar-refractivity contribution in [2.75, 3.05) is 0 Å². The van der Waals surface area contributed by atoms with Crippen LogP contribution in [-0.4, -0.2) is 23.1 Å². The highest BCUT2D eigenvalue weighted by atomic mass is 16.6. The van der Waals surface area contributed by atoms with Crippen LogP contribution in [0, 0.1) is 22.7 Å². The Balaban J connectivity index is 2.08. The van der Waals surface area contributed by atoms with E-state index in [-0.39, 0.29) is 23.4 Å². The third kappa shape index (κ3) is 1.62. The molecule has 4 aliphatic rings. The van der Waals surface area contributed by atoms with Gasteiger partial charge in [0.15, 0.2) is 11.4 Å². The largest absolute Gasteiger partial charge is 0.452 e. The number of hydrogen-bond acceptors (Lipinski definition) is 4. The molecule has 0 unspecified atom stereocenters. The summed E-state index contributed by atoms with van der Waals surface area (Å²) >= 11 is 0. The maximum atomic E-state index is 13.4. The van der Waals surface area contributed by atoms with E-state index in [1.807, 2.05) is 6.92 Å². The monoisotopic (exact) mass is 342 g/mol. The number of ketones is 2. The number of esters is 1. The van der Waals surface area contributed by atoms with Gasteiger partial charge >= 0.3 is 5.97 Å². The molecule has 1 saturated carbocycles. The molecular formula is C21H26O4. The molecule has 4 nitrogen and oxygen atoms in total. The number of ether oxygens (including phenoxy) is 1. The summed E-state index contributed by atoms with van der Waals surface area (Å²) in [6.45, 7) is 9.52. The number of hydrogen-bond donors (Lipinski definition) is 0. The van der Waals surface area contributed by atoms with Crippen LogP contribution in [0.1, 0.15) is 60.3 Å². The van der Waals surface area contributed by atoms with Crippen LogP contribution in [-0.2, 0) is 19.1 Å². The van der Waals surface area contributed by atoms with Crippen molar-refractivity contribution in [3.05, 3.63) is 22.8 Å². The fourth-order valence-corrected chi connectivity index (χ4v) is 6.37. The normalized spacial score (nSPS) is 42.0. The van der Waals surface area contributed by atoms with Crippen molar-refractivity contribution < 1.29 is 19.1 Å². The van der Waals surface area contributed by atoms with Gasteiger partial charge in [0.1, 0.15) is 5.78 Å². The molecule has 0 saturated heterocycles. The first-order valence-corrected chi connectivity index (χ1v) is 9.33. The number of fused-ring (bicyclic) bond motifs is 1. The van der Waals surface area contributed by atoms with Gasteiger partial charge in [0.25, 0.3) is 0 Å². The Kier molecular flexibility index (Phi) is 3.16. The maximum Gasteiger partial charge on any atom is 0.303 e. The zero-order valence-electron chi connectivity index (χ0n) is 15.7. The van der Waals surface area contributed by atoms with Crippen LogP contribution in [0.25, 0.3) is 0 Å². The average molecular weight is 342 g/mol. The van der Waals surface area contributed by atoms with Gasteiger partial charge in [-0.3, -0.25) is 14.4 Å². The summed E-state index contributed by atoms with van der Waals surface area (Å²) in [4.78, 5) is 38.6. The molecule has 4 aliphatic carbocycles. The SMILES string of the molecule is CC(=O)O[C@]12C3=C(CCCC3=O)[C@]3(C)CC(=O)[C@@]1(C)C(C(C)C)=C[C@@H]32. The van der Waals surface area contributed by atoms with Crippen LogP contribution in [0.15, 0.2) is 22.8 Å². The Morgan fingerprint density at radius 2 is 1.92 bits per heavy atom. The van der Waals surface area contributed by atoms with Crippen molar-refractivity contribution in [2.45, 2.75) is 65.9 Å². The lowest BCUT2D eigenvalue weighted by atomic mass is 9.54. The lowest BCUT2D eigenvalue weighted by molar-refractivity contribution is -0.179. The standard InChI is InChI=1S/C21H26O4/c1-11(2)14-9-16-19(4)10-17(24)20(14,5)21(16,25-12(3)22)18-13(19)7-6-8-15(18)23/h9,11,16H,6-8,10H2,1-5H3/t16-,19-,20+,21+/m0/s1. The molecule has 4 atom stereocenters. The highest BCUT2D eigenvalue weighted by molar-refractivity contribution is 6.06. The van der Waals surface area contributed by atoms with Crippen molar-refractivity contribution in [1.29, 1.82) is 0 Å². The number of rotatable bonds is 2. The molecule has 4 rings (SSSR count). The fourth-order valence-electron chi connectivity index (χ4n) is 6.37. The van der Waals surface area contributed by atoms with Crippen molar-refractivity contribution in [2.24, 2.45) is 22.7 Å². The van der Waals surface area contributed by atoms with Gasteiger partial charge in [-0.05, 0) is 25.7 Å². The van der Waals surface area contributed by atoms with Crippen LogP contribution in [0.5, 0.6) is 0 Å². The Labute approximate surface area is 148 Å². The molecular weight excluding hydrogens is 316 g/mol. The minimum absolute atomic E-state index is 0.0653. The summed E-state index contributed by atoms with van der Waals surface area (Å²) in [7, 11) is 0. The van der Waals surface area contributed by atoms with E-state index in [1.165, 1.54) is 6.92 Å². The summed E-state index contributed by atoms with van der Waals surface area (Å²) in [5.74, 6) is -0.199. The predicted molar refractivity (Wildman–Crippen MR) is 92.6 cm³/mol. The van der Waals surface area contributed by atoms with Crippen LogP contribution >= 0.6 is 0 Å². The first-order chi connectivity index (χ1) is 11.6. The molecule has 4 heteroatoms. The van der Waals surface area contributed by atoms with Gasteiger partial charge in [0, 0.05) is 36.7 Å². The molecule has 0 aromatic heterocycles. The zero-order valence-corrected chi connectivity index (χ0v) is 15.7. The average Bonchev–Trinajstić information content (AvgIpc) is 2.81. The van der Waals surface area contributed by atoms with E-state index in [0.717, 1.165) is 24.0 Å². The lowest BCUT2D eigenvalue weighted by Crippen LogP contribution is -2.61. The minimum atomic E-state index is -1.13. The van der Waals surface area contributed by atoms with Gasteiger partial charge in [-0.25, -0.2) is 0 Å². The Morgan fingerprint density at radius 3 is 2.52 bits per heavy atom. The highest BCUT2D eigenvalue weighted by Crippen LogP contribution is 2.74. The van der Waals surface area contributed by atoms with Crippen molar-refractivity contribution in [3.8, 4) is 0 Å². The van der Waals surface area contributed by atoms with Crippen molar-refractivity contribution >= 4 is 17.5 Å². The molecule has 4 bridgehead atoms. The Bertz CT molecular complexity index is 786. The molecule has 0 heterocycles. The highest BCUT2D eigenvalue weighted by Gasteiger charge is 2.78. The molecule has 25 heavy (non-hydrogen) atoms. The van der Waals surface area contributed by atoms with E-state index in [1.54, 1.807) is 0 Å². The second-order valence-corrected chi connectivity index (χ2v) is 8.86. The van der Waals surface area contributed by atoms with Crippen LogP contribution in [0.4, 0.5) is 0 Å². The van der Waals surface area contributed by atoms with Gasteiger partial charge in [0.05, 0.1) is 5.41 Å². The molecule has 0 aliphatic heterocycles. The van der Waals surface area contributed by atoms with Gasteiger partial charge < -0.3 is 4.74 Å². The van der Waals surface area contributed by atoms with Crippen molar-refractivity contribution in [3.63, 3.8) is 0 Å². The summed E-state index contributed by atoms with van der Waals surface area (Å²) in [6.07, 6.45) is 4.72. The van der Waals surface area contributed by atoms with Crippen LogP contribution in [0.3, 0.4) is 0 Å². The number of allylic oxidation sites excluding steroid dienone is 1. The van der Waals surface area contributed by atoms with Crippen molar-refractivity contribution in [1.82, 2.24) is 0 Å². The van der Waals surface area contributed by atoms with Gasteiger partial charge in [-0.1, -0.05) is 38.0 Å². The summed E-state index contributed by atoms with van der Waals surface area (Å²) in [6, 6.07) is 0. The summed E-state index contributed by atoms with van der Waals surface area (Å²) in [5, 5.41) is 0. The first kappa shape index (κ1) is 16.7. The van der Waals surface area contributed by atoms with Gasteiger partial charge in [-0.2, -0.15) is 0 Å². The molecule has 1 fully saturated rings. The Hall–Kier alpha value is -1.71. The molecule has 134 valence electrons. The molecule has 0 spiro atoms. The third-order valence-corrected chi connectivity index (χ3v) is 7.27. The number of carbonyl (C=O) groups excluding carboxylic acids is 3. The quantitative estimate of drug-likeness (QED) is 0.569. The number of carbonyl (C=O) groups is 3. The zero-order chi connectivity index (χ0) is 18.4.